The number of nitrogens with zero attached hydrogens (tertiary/aromatic N) is 2. The van der Waals surface area contributed by atoms with Gasteiger partial charge in [-0.25, -0.2) is 0 Å². The van der Waals surface area contributed by atoms with E-state index in [1.165, 1.54) is 44.7 Å². The average molecular weight is 330 g/mol. The van der Waals surface area contributed by atoms with Gasteiger partial charge in [0.2, 0.25) is 11.9 Å². The fourth-order valence-electron chi connectivity index (χ4n) is 3.98. The van der Waals surface area contributed by atoms with Crippen LogP contribution in [0.5, 0.6) is 0 Å². The van der Waals surface area contributed by atoms with Gasteiger partial charge in [-0.15, -0.1) is 4.52 Å². The van der Waals surface area contributed by atoms with E-state index in [1.54, 1.807) is 0 Å². The van der Waals surface area contributed by atoms with Gasteiger partial charge in [0.15, 0.2) is 0 Å². The summed E-state index contributed by atoms with van der Waals surface area (Å²) in [6, 6.07) is 8.87. The molecule has 3 heterocycles. The molecule has 126 valence electrons. The average Bonchev–Trinajstić information content (AvgIpc) is 3.22. The highest BCUT2D eigenvalue weighted by molar-refractivity contribution is 5.75. The van der Waals surface area contributed by atoms with Crippen molar-refractivity contribution < 1.29 is 4.36 Å². The maximum Gasteiger partial charge on any atom is 0.241 e. The summed E-state index contributed by atoms with van der Waals surface area (Å²) < 4.78 is 4.49. The molecule has 0 saturated heterocycles. The smallest absolute Gasteiger partial charge is 0.241 e. The summed E-state index contributed by atoms with van der Waals surface area (Å²) in [5.74, 6) is 0. The van der Waals surface area contributed by atoms with Crippen LogP contribution in [0.15, 0.2) is 30.3 Å². The van der Waals surface area contributed by atoms with Crippen molar-refractivity contribution >= 4 is 23.7 Å². The second-order valence-electron chi connectivity index (χ2n) is 6.86. The summed E-state index contributed by atoms with van der Waals surface area (Å²) >= 11 is 0. The number of allylic oxidation sites excluding steroid dienone is 1. The molecule has 0 atom stereocenters. The first-order chi connectivity index (χ1) is 12.1. The van der Waals surface area contributed by atoms with E-state index in [-0.39, 0.29) is 0 Å². The molecule has 0 saturated carbocycles. The Hall–Kier alpha value is -2.65. The van der Waals surface area contributed by atoms with Crippen molar-refractivity contribution in [2.75, 3.05) is 6.54 Å². The number of fused-ring (bicyclic) bond motifs is 3. The molecule has 1 aliphatic heterocycles. The van der Waals surface area contributed by atoms with Gasteiger partial charge < -0.3 is 5.73 Å². The van der Waals surface area contributed by atoms with Gasteiger partial charge in [-0.1, -0.05) is 28.1 Å². The van der Waals surface area contributed by atoms with Crippen LogP contribution < -0.4 is 10.1 Å². The van der Waals surface area contributed by atoms with E-state index in [1.807, 2.05) is 0 Å². The minimum Gasteiger partial charge on any atom is -0.330 e. The zero-order valence-corrected chi connectivity index (χ0v) is 15.1. The Labute approximate surface area is 148 Å². The molecule has 3 aromatic rings. The monoisotopic (exact) mass is 330 g/mol. The lowest BCUT2D eigenvalue weighted by atomic mass is 9.99. The number of hydrogen-bond acceptors (Lipinski definition) is 1. The first-order valence-corrected chi connectivity index (χ1v) is 8.82. The Morgan fingerprint density at radius 2 is 1.84 bits per heavy atom. The van der Waals surface area contributed by atoms with Crippen LogP contribution in [-0.2, 0) is 6.42 Å². The minimum atomic E-state index is 0.665. The first kappa shape index (κ1) is 15.9. The molecule has 3 nitrogen and oxygen atoms in total. The molecule has 1 aromatic carbocycles. The molecule has 4 rings (SSSR count). The molecule has 1 aliphatic rings. The van der Waals surface area contributed by atoms with Crippen molar-refractivity contribution in [3.8, 4) is 0 Å². The largest absolute Gasteiger partial charge is 0.330 e. The molecule has 2 aromatic heterocycles. The Morgan fingerprint density at radius 3 is 2.56 bits per heavy atom. The van der Waals surface area contributed by atoms with Crippen molar-refractivity contribution in [2.24, 2.45) is 5.73 Å². The number of aromatic nitrogens is 2. The highest BCUT2D eigenvalue weighted by Gasteiger charge is 2.23. The van der Waals surface area contributed by atoms with Crippen molar-refractivity contribution in [1.82, 2.24) is 4.52 Å². The van der Waals surface area contributed by atoms with Gasteiger partial charge in [0.1, 0.15) is 11.2 Å². The summed E-state index contributed by atoms with van der Waals surface area (Å²) in [6.07, 6.45) is 11.7. The maximum absolute atomic E-state index is 5.82. The summed E-state index contributed by atoms with van der Waals surface area (Å²) in [6.45, 7) is 7.17. The second-order valence-corrected chi connectivity index (χ2v) is 6.86. The zero-order chi connectivity index (χ0) is 17.6. The predicted molar refractivity (Wildman–Crippen MR) is 104 cm³/mol. The molecule has 0 amide bonds. The molecule has 0 fully saturated rings. The molecule has 0 spiro atoms. The van der Waals surface area contributed by atoms with Crippen LogP contribution in [-0.4, -0.2) is 11.1 Å². The van der Waals surface area contributed by atoms with Crippen molar-refractivity contribution in [1.29, 1.82) is 0 Å². The van der Waals surface area contributed by atoms with Gasteiger partial charge in [0.25, 0.3) is 0 Å². The van der Waals surface area contributed by atoms with Gasteiger partial charge in [-0.05, 0) is 68.6 Å². The van der Waals surface area contributed by atoms with E-state index >= 15 is 0 Å². The molecule has 25 heavy (non-hydrogen) atoms. The fourth-order valence-corrected chi connectivity index (χ4v) is 3.98. The third-order valence-corrected chi connectivity index (χ3v) is 5.00. The van der Waals surface area contributed by atoms with Gasteiger partial charge >= 0.3 is 0 Å². The van der Waals surface area contributed by atoms with E-state index in [2.05, 4.69) is 84.4 Å². The SMILES string of the molecule is Cc1cc(C)c(/C=C/c2ccc3c(CCN)c4[n+](n23)=CC=C4)c(C)c1. The van der Waals surface area contributed by atoms with Gasteiger partial charge in [0, 0.05) is 12.2 Å². The number of nitrogens with two attached hydrogens (primary N) is 1. The lowest BCUT2D eigenvalue weighted by Crippen LogP contribution is -2.24. The topological polar surface area (TPSA) is 36.3 Å². The molecule has 0 unspecified atom stereocenters. The normalized spacial score (nSPS) is 13.1. The van der Waals surface area contributed by atoms with Gasteiger partial charge in [-0.3, -0.25) is 0 Å². The predicted octanol–water partition coefficient (Wildman–Crippen LogP) is 3.58. The number of aryl methyl sites for hydroxylation is 3. The van der Waals surface area contributed by atoms with E-state index in [0.717, 1.165) is 6.42 Å². The van der Waals surface area contributed by atoms with Crippen LogP contribution in [0, 0.1) is 27.0 Å². The van der Waals surface area contributed by atoms with E-state index in [9.17, 15) is 0 Å². The standard InChI is InChI=1S/C22H24N3/c1-15-13-16(2)19(17(3)14-15)8-6-18-7-9-22-20(10-11-23)21-5-4-12-24(21)25(18)22/h4-9,12-14H,10-11,23H2,1-3H3/q+1/b8-6+. The molecular weight excluding hydrogens is 306 g/mol. The number of rotatable bonds is 4. The third kappa shape index (κ3) is 2.52. The van der Waals surface area contributed by atoms with Crippen LogP contribution in [0.2, 0.25) is 0 Å². The van der Waals surface area contributed by atoms with Crippen molar-refractivity contribution in [3.05, 3.63) is 75.8 Å². The van der Waals surface area contributed by atoms with Crippen molar-refractivity contribution in [3.63, 3.8) is 0 Å². The Morgan fingerprint density at radius 1 is 1.08 bits per heavy atom. The maximum atomic E-state index is 5.82. The summed E-state index contributed by atoms with van der Waals surface area (Å²) in [5.41, 5.74) is 16.1. The molecule has 0 aliphatic carbocycles. The molecule has 3 heteroatoms. The van der Waals surface area contributed by atoms with E-state index < -0.39 is 0 Å². The number of benzene rings is 1. The number of hydrogen-bond donors (Lipinski definition) is 1. The summed E-state index contributed by atoms with van der Waals surface area (Å²) in [5, 5.41) is 0. The zero-order valence-electron chi connectivity index (χ0n) is 15.1. The fraction of sp³-hybridized carbons (Fsp3) is 0.227. The summed E-state index contributed by atoms with van der Waals surface area (Å²) in [4.78, 5) is 0. The van der Waals surface area contributed by atoms with E-state index in [4.69, 9.17) is 5.73 Å². The van der Waals surface area contributed by atoms with Gasteiger partial charge in [0.05, 0.1) is 5.56 Å². The molecule has 2 N–H and O–H groups in total. The lowest BCUT2D eigenvalue weighted by Gasteiger charge is -2.06. The van der Waals surface area contributed by atoms with E-state index in [0.29, 0.717) is 6.54 Å². The molecule has 0 radical (unpaired) electrons. The van der Waals surface area contributed by atoms with Crippen LogP contribution in [0.4, 0.5) is 0 Å². The quantitative estimate of drug-likeness (QED) is 0.729. The Kier molecular flexibility index (Phi) is 3.81. The lowest BCUT2D eigenvalue weighted by molar-refractivity contribution is -0.583. The third-order valence-electron chi connectivity index (χ3n) is 5.00. The Balaban J connectivity index is 1.83. The second kappa shape index (κ2) is 6.01. The van der Waals surface area contributed by atoms with Crippen LogP contribution in [0.1, 0.15) is 39.2 Å². The Bertz CT molecular complexity index is 1060. The minimum absolute atomic E-state index is 0.665. The van der Waals surface area contributed by atoms with Crippen LogP contribution in [0.3, 0.4) is 0 Å². The highest BCUT2D eigenvalue weighted by Crippen LogP contribution is 2.23. The van der Waals surface area contributed by atoms with Crippen LogP contribution >= 0.6 is 0 Å². The summed E-state index contributed by atoms with van der Waals surface area (Å²) in [7, 11) is 0. The first-order valence-electron chi connectivity index (χ1n) is 8.82. The van der Waals surface area contributed by atoms with Crippen LogP contribution in [0.25, 0.3) is 23.7 Å². The molecule has 0 bridgehead atoms. The van der Waals surface area contributed by atoms with Crippen molar-refractivity contribution in [2.45, 2.75) is 27.2 Å². The highest BCUT2D eigenvalue weighted by atomic mass is 15.3. The van der Waals surface area contributed by atoms with Gasteiger partial charge in [-0.2, -0.15) is 0 Å². The molecular formula is C22H24N3+.